The third-order valence-corrected chi connectivity index (χ3v) is 13.3. The molecule has 3 heteroatoms. The predicted molar refractivity (Wildman–Crippen MR) is 248 cm³/mol. The molecule has 0 saturated carbocycles. The molecule has 10 aromatic rings. The van der Waals surface area contributed by atoms with Crippen molar-refractivity contribution < 1.29 is 0 Å². The molecule has 8 aromatic carbocycles. The minimum Gasteiger partial charge on any atom is -0.314 e. The van der Waals surface area contributed by atoms with Gasteiger partial charge in [0.25, 0.3) is 0 Å². The fourth-order valence-corrected chi connectivity index (χ4v) is 10.8. The van der Waals surface area contributed by atoms with E-state index in [0.29, 0.717) is 0 Å². The highest BCUT2D eigenvalue weighted by atomic mass is 15.2. The lowest BCUT2D eigenvalue weighted by Crippen LogP contribution is -2.23. The zero-order valence-electron chi connectivity index (χ0n) is 33.7. The maximum atomic E-state index is 2.72. The molecule has 0 spiro atoms. The van der Waals surface area contributed by atoms with Gasteiger partial charge in [-0.15, -0.1) is 0 Å². The van der Waals surface area contributed by atoms with E-state index in [4.69, 9.17) is 0 Å². The highest BCUT2D eigenvalue weighted by Gasteiger charge is 2.47. The Morgan fingerprint density at radius 1 is 0.390 bits per heavy atom. The third kappa shape index (κ3) is 4.64. The number of fused-ring (bicyclic) bond motifs is 11. The minimum atomic E-state index is -0.250. The molecule has 0 amide bonds. The number of hydrogen-bond acceptors (Lipinski definition) is 2. The summed E-state index contributed by atoms with van der Waals surface area (Å²) in [4.78, 5) is 4.82. The van der Waals surface area contributed by atoms with Crippen LogP contribution in [0.15, 0.2) is 188 Å². The topological polar surface area (TPSA) is 10.9 Å². The van der Waals surface area contributed by atoms with Crippen LogP contribution in [0.3, 0.4) is 0 Å². The Morgan fingerprint density at radius 3 is 1.53 bits per heavy atom. The molecule has 3 nitrogen and oxygen atoms in total. The van der Waals surface area contributed by atoms with E-state index in [1.165, 1.54) is 77.5 Å². The summed E-state index contributed by atoms with van der Waals surface area (Å²) in [5, 5.41) is 5.14. The summed E-state index contributed by atoms with van der Waals surface area (Å²) >= 11 is 0. The van der Waals surface area contributed by atoms with Crippen LogP contribution in [-0.2, 0) is 10.8 Å². The van der Waals surface area contributed by atoms with E-state index >= 15 is 0 Å². The molecule has 0 radical (unpaired) electrons. The molecule has 0 fully saturated rings. The summed E-state index contributed by atoms with van der Waals surface area (Å²) in [7, 11) is 0. The largest absolute Gasteiger partial charge is 0.314 e. The molecule has 0 aliphatic heterocycles. The van der Waals surface area contributed by atoms with E-state index in [2.05, 4.69) is 230 Å². The van der Waals surface area contributed by atoms with Gasteiger partial charge in [-0.1, -0.05) is 137 Å². The Hall–Kier alpha value is -7.10. The van der Waals surface area contributed by atoms with Crippen molar-refractivity contribution >= 4 is 61.2 Å². The molecule has 282 valence electrons. The van der Waals surface area contributed by atoms with Crippen molar-refractivity contribution in [3.8, 4) is 22.3 Å². The van der Waals surface area contributed by atoms with E-state index in [9.17, 15) is 0 Å². The zero-order chi connectivity index (χ0) is 39.6. The van der Waals surface area contributed by atoms with E-state index < -0.39 is 0 Å². The van der Waals surface area contributed by atoms with Crippen molar-refractivity contribution in [3.63, 3.8) is 0 Å². The second-order valence-corrected chi connectivity index (χ2v) is 17.4. The van der Waals surface area contributed by atoms with Gasteiger partial charge in [0.15, 0.2) is 0 Å². The van der Waals surface area contributed by atoms with Crippen LogP contribution in [-0.4, -0.2) is 4.40 Å². The van der Waals surface area contributed by atoms with Gasteiger partial charge < -0.3 is 14.2 Å². The van der Waals surface area contributed by atoms with E-state index in [1.54, 1.807) is 0 Å². The monoisotopic (exact) mass is 757 g/mol. The van der Waals surface area contributed by atoms with Gasteiger partial charge in [-0.25, -0.2) is 0 Å². The molecule has 0 saturated heterocycles. The summed E-state index contributed by atoms with van der Waals surface area (Å²) in [6.07, 6.45) is 0. The first kappa shape index (κ1) is 34.0. The Balaban J connectivity index is 1.15. The number of para-hydroxylation sites is 4. The highest BCUT2D eigenvalue weighted by molar-refractivity contribution is 6.21. The maximum absolute atomic E-state index is 2.72. The van der Waals surface area contributed by atoms with Gasteiger partial charge in [0, 0.05) is 72.6 Å². The standard InChI is InChI=1S/C56H43N3/c1-55(2)46-28-18-17-27-43(46)50-51-48(58(40-23-13-7-14-24-40)41-25-15-8-16-26-41)32-31-44-49-45-34-37-33-42(57(38-19-9-5-10-20-38)39-21-11-6-12-22-39)30-29-36(37)35-47(45)56(3,4)53(49)59(52(44)51)54(50)55/h5-35H,1-4H3. The molecular weight excluding hydrogens is 715 g/mol. The molecule has 0 unspecified atom stereocenters. The molecule has 0 atom stereocenters. The van der Waals surface area contributed by atoms with Crippen molar-refractivity contribution in [1.29, 1.82) is 0 Å². The Bertz CT molecular complexity index is 3170. The number of rotatable bonds is 6. The quantitative estimate of drug-likeness (QED) is 0.167. The molecule has 59 heavy (non-hydrogen) atoms. The number of hydrogen-bond donors (Lipinski definition) is 0. The van der Waals surface area contributed by atoms with Gasteiger partial charge in [-0.3, -0.25) is 0 Å². The van der Waals surface area contributed by atoms with Gasteiger partial charge >= 0.3 is 0 Å². The first-order chi connectivity index (χ1) is 28.8. The van der Waals surface area contributed by atoms with Crippen molar-refractivity contribution in [1.82, 2.24) is 4.40 Å². The van der Waals surface area contributed by atoms with Gasteiger partial charge in [-0.05, 0) is 112 Å². The second kappa shape index (κ2) is 12.2. The normalized spacial score (nSPS) is 14.4. The van der Waals surface area contributed by atoms with Gasteiger partial charge in [0.1, 0.15) is 0 Å². The van der Waals surface area contributed by atoms with Crippen molar-refractivity contribution in [3.05, 3.63) is 211 Å². The van der Waals surface area contributed by atoms with E-state index in [-0.39, 0.29) is 10.8 Å². The maximum Gasteiger partial charge on any atom is 0.0636 e. The molecule has 2 aliphatic rings. The van der Waals surface area contributed by atoms with Crippen LogP contribution in [0.5, 0.6) is 0 Å². The fourth-order valence-electron chi connectivity index (χ4n) is 10.8. The molecule has 2 heterocycles. The number of anilines is 6. The highest BCUT2D eigenvalue weighted by Crippen LogP contribution is 2.62. The summed E-state index contributed by atoms with van der Waals surface area (Å²) in [6.45, 7) is 9.75. The predicted octanol–water partition coefficient (Wildman–Crippen LogP) is 15.2. The Morgan fingerprint density at radius 2 is 0.915 bits per heavy atom. The van der Waals surface area contributed by atoms with Crippen LogP contribution >= 0.6 is 0 Å². The van der Waals surface area contributed by atoms with E-state index in [1.807, 2.05) is 0 Å². The van der Waals surface area contributed by atoms with Crippen molar-refractivity contribution in [2.24, 2.45) is 0 Å². The average Bonchev–Trinajstić information content (AvgIpc) is 3.94. The lowest BCUT2D eigenvalue weighted by atomic mass is 9.83. The van der Waals surface area contributed by atoms with Crippen LogP contribution in [0.4, 0.5) is 34.1 Å². The third-order valence-electron chi connectivity index (χ3n) is 13.3. The van der Waals surface area contributed by atoms with Crippen LogP contribution in [0.1, 0.15) is 50.2 Å². The second-order valence-electron chi connectivity index (χ2n) is 17.4. The Kier molecular flexibility index (Phi) is 7.03. The summed E-state index contributed by atoms with van der Waals surface area (Å²) in [5.74, 6) is 0. The first-order valence-electron chi connectivity index (χ1n) is 20.8. The lowest BCUT2D eigenvalue weighted by Gasteiger charge is -2.27. The smallest absolute Gasteiger partial charge is 0.0636 e. The molecule has 2 aromatic heterocycles. The summed E-state index contributed by atoms with van der Waals surface area (Å²) < 4.78 is 2.72. The van der Waals surface area contributed by atoms with Crippen LogP contribution in [0.25, 0.3) is 49.3 Å². The molecular formula is C56H43N3. The summed E-state index contributed by atoms with van der Waals surface area (Å²) in [6, 6.07) is 69.0. The average molecular weight is 758 g/mol. The molecule has 0 N–H and O–H groups in total. The minimum absolute atomic E-state index is 0.213. The van der Waals surface area contributed by atoms with Crippen molar-refractivity contribution in [2.75, 3.05) is 9.80 Å². The van der Waals surface area contributed by atoms with Gasteiger partial charge in [-0.2, -0.15) is 0 Å². The van der Waals surface area contributed by atoms with Crippen LogP contribution in [0, 0.1) is 0 Å². The lowest BCUT2D eigenvalue weighted by molar-refractivity contribution is 0.588. The molecule has 0 bridgehead atoms. The number of benzene rings is 8. The van der Waals surface area contributed by atoms with Crippen molar-refractivity contribution in [2.45, 2.75) is 38.5 Å². The van der Waals surface area contributed by atoms with E-state index in [0.717, 1.165) is 28.4 Å². The van der Waals surface area contributed by atoms with Gasteiger partial charge in [0.05, 0.1) is 11.2 Å². The molecule has 2 aliphatic carbocycles. The fraction of sp³-hybridized carbons (Fsp3) is 0.107. The zero-order valence-corrected chi connectivity index (χ0v) is 33.7. The van der Waals surface area contributed by atoms with Gasteiger partial charge in [0.2, 0.25) is 0 Å². The number of aromatic nitrogens is 1. The Labute approximate surface area is 345 Å². The number of nitrogens with zero attached hydrogens (tertiary/aromatic N) is 3. The first-order valence-corrected chi connectivity index (χ1v) is 20.8. The molecule has 12 rings (SSSR count). The SMILES string of the molecule is CC1(C)c2cc3ccc(N(c4ccccc4)c4ccccc4)cc3cc2-c2c1n1c3c(c4c(N(c5ccccc5)c5ccccc5)ccc2c41)-c1ccccc1C3(C)C. The van der Waals surface area contributed by atoms with Crippen LogP contribution < -0.4 is 9.80 Å². The summed E-state index contributed by atoms with van der Waals surface area (Å²) in [5.41, 5.74) is 18.7. The van der Waals surface area contributed by atoms with Crippen LogP contribution in [0.2, 0.25) is 0 Å².